The number of amides is 2. The predicted octanol–water partition coefficient (Wildman–Crippen LogP) is 3.45. The number of morpholine rings is 1. The van der Waals surface area contributed by atoms with Gasteiger partial charge in [0.1, 0.15) is 17.5 Å². The van der Waals surface area contributed by atoms with Gasteiger partial charge in [-0.25, -0.2) is 24.1 Å². The van der Waals surface area contributed by atoms with Gasteiger partial charge < -0.3 is 15.0 Å². The van der Waals surface area contributed by atoms with E-state index in [1.165, 1.54) is 18.2 Å². The lowest BCUT2D eigenvalue weighted by molar-refractivity contribution is -0.191. The minimum atomic E-state index is -0.509. The highest BCUT2D eigenvalue weighted by Crippen LogP contribution is 2.26. The Morgan fingerprint density at radius 1 is 1.14 bits per heavy atom. The van der Waals surface area contributed by atoms with Gasteiger partial charge in [0.25, 0.3) is 0 Å². The van der Waals surface area contributed by atoms with Crippen LogP contribution in [0.2, 0.25) is 0 Å². The van der Waals surface area contributed by atoms with E-state index < -0.39 is 11.8 Å². The monoisotopic (exact) mass is 480 g/mol. The lowest BCUT2D eigenvalue weighted by Crippen LogP contribution is -2.37. The number of carbonyl (C=O) groups excluding carboxylic acids is 3. The van der Waals surface area contributed by atoms with Crippen molar-refractivity contribution in [3.05, 3.63) is 59.7 Å². The van der Waals surface area contributed by atoms with E-state index in [2.05, 4.69) is 34.4 Å². The smallest absolute Gasteiger partial charge is 0.373 e. The molecule has 1 fully saturated rings. The number of hydrogen-bond acceptors (Lipinski definition) is 8. The fraction of sp³-hybridized carbons (Fsp3) is 0.292. The van der Waals surface area contributed by atoms with Crippen molar-refractivity contribution in [3.8, 4) is 11.4 Å². The van der Waals surface area contributed by atoms with Crippen molar-refractivity contribution in [2.24, 2.45) is 0 Å². The Hall–Kier alpha value is -4.21. The average molecular weight is 481 g/mol. The van der Waals surface area contributed by atoms with Crippen LogP contribution < -0.4 is 15.5 Å². The Morgan fingerprint density at radius 3 is 2.51 bits per heavy atom. The summed E-state index contributed by atoms with van der Waals surface area (Å²) in [6.07, 6.45) is 2.68. The van der Waals surface area contributed by atoms with E-state index in [4.69, 9.17) is 24.3 Å². The summed E-state index contributed by atoms with van der Waals surface area (Å²) >= 11 is 0. The number of aromatic nitrogens is 3. The van der Waals surface area contributed by atoms with Crippen LogP contribution >= 0.6 is 0 Å². The van der Waals surface area contributed by atoms with E-state index in [1.807, 2.05) is 6.07 Å². The fourth-order valence-electron chi connectivity index (χ4n) is 3.55. The summed E-state index contributed by atoms with van der Waals surface area (Å²) in [6.45, 7) is 7.07. The molecule has 0 atom stereocenters. The van der Waals surface area contributed by atoms with Gasteiger partial charge in [0.15, 0.2) is 5.82 Å². The van der Waals surface area contributed by atoms with Crippen LogP contribution in [0.1, 0.15) is 18.2 Å². The molecule has 3 aromatic rings. The third kappa shape index (κ3) is 6.89. The standard InChI is InChI=1S/C23H25FN6O2.CO2/c1-3-19-15(2)22(30-9-11-32-12-10-30)29-21(27-19)16-7-8-20(25-14-16)28-23(31)26-18-6-4-5-17(24)13-18;2-1-3/h4-8,13-14H,3,9-12H2,1-2H3,(H2,25,26,28,31);. The van der Waals surface area contributed by atoms with Crippen molar-refractivity contribution in [1.29, 1.82) is 0 Å². The number of ether oxygens (including phenoxy) is 1. The summed E-state index contributed by atoms with van der Waals surface area (Å²) in [5.74, 6) is 1.45. The van der Waals surface area contributed by atoms with Gasteiger partial charge in [-0.3, -0.25) is 5.32 Å². The molecule has 35 heavy (non-hydrogen) atoms. The molecule has 0 saturated carbocycles. The molecule has 10 nitrogen and oxygen atoms in total. The molecule has 2 N–H and O–H groups in total. The van der Waals surface area contributed by atoms with Crippen LogP contribution in [0.4, 0.5) is 26.5 Å². The van der Waals surface area contributed by atoms with Gasteiger partial charge in [-0.2, -0.15) is 9.59 Å². The van der Waals surface area contributed by atoms with Crippen LogP contribution in [0.25, 0.3) is 11.4 Å². The fourth-order valence-corrected chi connectivity index (χ4v) is 3.55. The number of hydrogen-bond donors (Lipinski definition) is 2. The molecule has 1 aliphatic rings. The SMILES string of the molecule is CCc1nc(-c2ccc(NC(=O)Nc3cccc(F)c3)nc2)nc(N2CCOCC2)c1C.O=C=O. The van der Waals surface area contributed by atoms with Gasteiger partial charge in [0.2, 0.25) is 0 Å². The van der Waals surface area contributed by atoms with Crippen molar-refractivity contribution in [3.63, 3.8) is 0 Å². The molecular weight excluding hydrogens is 455 g/mol. The molecule has 0 bridgehead atoms. The van der Waals surface area contributed by atoms with Crippen LogP contribution in [-0.2, 0) is 20.7 Å². The van der Waals surface area contributed by atoms with Crippen molar-refractivity contribution in [2.45, 2.75) is 20.3 Å². The zero-order valence-electron chi connectivity index (χ0n) is 19.4. The number of aryl methyl sites for hydroxylation is 1. The number of urea groups is 1. The van der Waals surface area contributed by atoms with Crippen LogP contribution in [0, 0.1) is 12.7 Å². The van der Waals surface area contributed by atoms with Crippen LogP contribution in [0.15, 0.2) is 42.6 Å². The van der Waals surface area contributed by atoms with Gasteiger partial charge in [-0.15, -0.1) is 0 Å². The second kappa shape index (κ2) is 12.3. The molecule has 2 amide bonds. The number of anilines is 3. The molecule has 3 heterocycles. The first kappa shape index (κ1) is 25.4. The highest BCUT2D eigenvalue weighted by atomic mass is 19.1. The quantitative estimate of drug-likeness (QED) is 0.569. The summed E-state index contributed by atoms with van der Waals surface area (Å²) in [7, 11) is 0. The average Bonchev–Trinajstić information content (AvgIpc) is 2.86. The topological polar surface area (TPSA) is 126 Å². The Bertz CT molecular complexity index is 1190. The third-order valence-corrected chi connectivity index (χ3v) is 5.21. The molecule has 0 unspecified atom stereocenters. The normalized spacial score (nSPS) is 12.7. The number of pyridine rings is 1. The zero-order valence-corrected chi connectivity index (χ0v) is 19.4. The highest BCUT2D eigenvalue weighted by molar-refractivity contribution is 5.99. The number of rotatable bonds is 5. The largest absolute Gasteiger partial charge is 0.378 e. The van der Waals surface area contributed by atoms with Crippen LogP contribution in [-0.4, -0.2) is 53.4 Å². The summed E-state index contributed by atoms with van der Waals surface area (Å²) in [5.41, 5.74) is 3.19. The molecule has 2 aromatic heterocycles. The summed E-state index contributed by atoms with van der Waals surface area (Å²) < 4.78 is 18.7. The lowest BCUT2D eigenvalue weighted by atomic mass is 10.1. The Balaban J connectivity index is 0.00000108. The zero-order chi connectivity index (χ0) is 25.2. The molecule has 0 spiro atoms. The number of benzene rings is 1. The maximum atomic E-state index is 13.3. The number of halogens is 1. The minimum Gasteiger partial charge on any atom is -0.378 e. The lowest BCUT2D eigenvalue weighted by Gasteiger charge is -2.29. The van der Waals surface area contributed by atoms with Gasteiger partial charge in [-0.1, -0.05) is 13.0 Å². The Kier molecular flexibility index (Phi) is 8.94. The molecular formula is C24H25FN6O4. The first-order chi connectivity index (χ1) is 16.9. The Labute approximate surface area is 201 Å². The molecule has 0 aliphatic carbocycles. The maximum absolute atomic E-state index is 13.3. The Morgan fingerprint density at radius 2 is 1.89 bits per heavy atom. The summed E-state index contributed by atoms with van der Waals surface area (Å²) in [4.78, 5) is 44.5. The van der Waals surface area contributed by atoms with Gasteiger partial charge in [-0.05, 0) is 43.7 Å². The number of carbonyl (C=O) groups is 1. The number of nitrogens with zero attached hydrogens (tertiary/aromatic N) is 4. The van der Waals surface area contributed by atoms with E-state index >= 15 is 0 Å². The molecule has 1 aliphatic heterocycles. The highest BCUT2D eigenvalue weighted by Gasteiger charge is 2.19. The van der Waals surface area contributed by atoms with Crippen molar-refractivity contribution in [1.82, 2.24) is 15.0 Å². The van der Waals surface area contributed by atoms with Crippen molar-refractivity contribution in [2.75, 3.05) is 41.8 Å². The van der Waals surface area contributed by atoms with Gasteiger partial charge >= 0.3 is 12.2 Å². The molecule has 11 heteroatoms. The minimum absolute atomic E-state index is 0.250. The van der Waals surface area contributed by atoms with Crippen LogP contribution in [0.5, 0.6) is 0 Å². The van der Waals surface area contributed by atoms with E-state index in [0.717, 1.165) is 42.1 Å². The third-order valence-electron chi connectivity index (χ3n) is 5.21. The maximum Gasteiger partial charge on any atom is 0.373 e. The predicted molar refractivity (Wildman–Crippen MR) is 126 cm³/mol. The van der Waals surface area contributed by atoms with E-state index in [-0.39, 0.29) is 6.15 Å². The number of nitrogens with one attached hydrogen (secondary N) is 2. The summed E-state index contributed by atoms with van der Waals surface area (Å²) in [6, 6.07) is 8.67. The van der Waals surface area contributed by atoms with Crippen LogP contribution in [0.3, 0.4) is 0 Å². The molecule has 4 rings (SSSR count). The van der Waals surface area contributed by atoms with E-state index in [1.54, 1.807) is 18.3 Å². The summed E-state index contributed by atoms with van der Waals surface area (Å²) in [5, 5.41) is 5.21. The second-order valence-electron chi connectivity index (χ2n) is 7.50. The van der Waals surface area contributed by atoms with E-state index in [9.17, 15) is 9.18 Å². The molecule has 1 saturated heterocycles. The molecule has 1 aromatic carbocycles. The van der Waals surface area contributed by atoms with Crippen molar-refractivity contribution < 1.29 is 23.5 Å². The second-order valence-corrected chi connectivity index (χ2v) is 7.50. The van der Waals surface area contributed by atoms with Gasteiger partial charge in [0.05, 0.1) is 13.2 Å². The van der Waals surface area contributed by atoms with Crippen molar-refractivity contribution >= 4 is 29.5 Å². The van der Waals surface area contributed by atoms with E-state index in [0.29, 0.717) is 30.5 Å². The first-order valence-corrected chi connectivity index (χ1v) is 10.9. The first-order valence-electron chi connectivity index (χ1n) is 10.9. The van der Waals surface area contributed by atoms with Gasteiger partial charge in [0, 0.05) is 41.8 Å². The molecule has 0 radical (unpaired) electrons. The molecule has 182 valence electrons.